The zero-order valence-electron chi connectivity index (χ0n) is 5.65. The molecule has 0 aliphatic heterocycles. The van der Waals surface area contributed by atoms with Crippen LogP contribution >= 0.6 is 0 Å². The van der Waals surface area contributed by atoms with Crippen LogP contribution in [0.15, 0.2) is 24.5 Å². The molecule has 58 valence electrons. The molecular weight excluding hydrogens is 226 g/mol. The van der Waals surface area contributed by atoms with Gasteiger partial charge >= 0.3 is 0 Å². The van der Waals surface area contributed by atoms with Gasteiger partial charge in [0.25, 0.3) is 5.91 Å². The molecule has 1 aromatic rings. The van der Waals surface area contributed by atoms with Gasteiger partial charge in [0, 0.05) is 39.0 Å². The first-order valence-corrected chi connectivity index (χ1v) is 2.75. The van der Waals surface area contributed by atoms with Crippen LogP contribution in [0, 0.1) is 0 Å². The third-order valence-electron chi connectivity index (χ3n) is 1.07. The monoisotopic (exact) mass is 235 g/mol. The maximum atomic E-state index is 10.7. The number of nitrogens with one attached hydrogen (secondary N) is 1. The van der Waals surface area contributed by atoms with Crippen molar-refractivity contribution in [3.63, 3.8) is 0 Å². The molecular formula is C6H7MoN3O. The van der Waals surface area contributed by atoms with Crippen LogP contribution in [0.25, 0.3) is 0 Å². The third kappa shape index (κ3) is 2.78. The van der Waals surface area contributed by atoms with Crippen molar-refractivity contribution in [1.29, 1.82) is 0 Å². The maximum Gasteiger partial charge on any atom is 0.265 e. The smallest absolute Gasteiger partial charge is 0.265 e. The van der Waals surface area contributed by atoms with E-state index < -0.39 is 0 Å². The van der Waals surface area contributed by atoms with E-state index >= 15 is 0 Å². The minimum Gasteiger partial charge on any atom is -0.290 e. The topological polar surface area (TPSA) is 68.0 Å². The van der Waals surface area contributed by atoms with Crippen LogP contribution in [0.5, 0.6) is 0 Å². The summed E-state index contributed by atoms with van der Waals surface area (Å²) in [6, 6.07) is 3.17. The Morgan fingerprint density at radius 3 is 2.45 bits per heavy atom. The summed E-state index contributed by atoms with van der Waals surface area (Å²) in [5.74, 6) is 4.58. The summed E-state index contributed by atoms with van der Waals surface area (Å²) < 4.78 is 0. The van der Waals surface area contributed by atoms with Gasteiger partial charge in [-0.1, -0.05) is 0 Å². The molecule has 1 amide bonds. The predicted molar refractivity (Wildman–Crippen MR) is 35.9 cm³/mol. The summed E-state index contributed by atoms with van der Waals surface area (Å²) in [6.07, 6.45) is 3.06. The van der Waals surface area contributed by atoms with Crippen molar-refractivity contribution in [3.05, 3.63) is 30.1 Å². The Labute approximate surface area is 78.4 Å². The molecule has 3 N–H and O–H groups in total. The average molecular weight is 233 g/mol. The largest absolute Gasteiger partial charge is 0.290 e. The van der Waals surface area contributed by atoms with Crippen LogP contribution in [0.1, 0.15) is 10.4 Å². The summed E-state index contributed by atoms with van der Waals surface area (Å²) >= 11 is 0. The van der Waals surface area contributed by atoms with Crippen LogP contribution in [-0.4, -0.2) is 10.9 Å². The Balaban J connectivity index is 0.000001000. The number of hydrazine groups is 1. The van der Waals surface area contributed by atoms with Crippen molar-refractivity contribution in [2.45, 2.75) is 0 Å². The van der Waals surface area contributed by atoms with Gasteiger partial charge in [0.05, 0.1) is 0 Å². The number of carbonyl (C=O) groups excluding carboxylic acids is 1. The molecule has 0 aliphatic carbocycles. The Bertz CT molecular complexity index is 227. The van der Waals surface area contributed by atoms with Crippen molar-refractivity contribution >= 4 is 5.91 Å². The fraction of sp³-hybridized carbons (Fsp3) is 0. The van der Waals surface area contributed by atoms with Gasteiger partial charge in [0.2, 0.25) is 0 Å². The van der Waals surface area contributed by atoms with Crippen LogP contribution in [0.3, 0.4) is 0 Å². The van der Waals surface area contributed by atoms with Crippen molar-refractivity contribution < 1.29 is 25.9 Å². The third-order valence-corrected chi connectivity index (χ3v) is 1.07. The van der Waals surface area contributed by atoms with Crippen LogP contribution < -0.4 is 11.3 Å². The van der Waals surface area contributed by atoms with Crippen molar-refractivity contribution in [2.75, 3.05) is 0 Å². The van der Waals surface area contributed by atoms with Crippen molar-refractivity contribution in [2.24, 2.45) is 5.84 Å². The minimum atomic E-state index is -0.303. The Morgan fingerprint density at radius 1 is 1.45 bits per heavy atom. The molecule has 11 heavy (non-hydrogen) atoms. The van der Waals surface area contributed by atoms with E-state index in [1.807, 2.05) is 5.43 Å². The molecule has 4 nitrogen and oxygen atoms in total. The molecule has 0 saturated heterocycles. The number of carbonyl (C=O) groups is 1. The van der Waals surface area contributed by atoms with Crippen molar-refractivity contribution in [1.82, 2.24) is 10.4 Å². The standard InChI is InChI=1S/C6H7N3O.Mo/c7-9-6(10)5-1-3-8-4-2-5;/h1-4H,7H2,(H,9,10);. The first-order valence-electron chi connectivity index (χ1n) is 2.75. The number of nitrogen functional groups attached to an aromatic ring is 1. The van der Waals surface area contributed by atoms with Gasteiger partial charge in [0.1, 0.15) is 0 Å². The molecule has 0 aliphatic rings. The van der Waals surface area contributed by atoms with E-state index in [0.29, 0.717) is 5.56 Å². The fourth-order valence-corrected chi connectivity index (χ4v) is 0.587. The molecule has 0 unspecified atom stereocenters. The molecule has 0 fully saturated rings. The fourth-order valence-electron chi connectivity index (χ4n) is 0.587. The van der Waals surface area contributed by atoms with E-state index in [4.69, 9.17) is 5.84 Å². The summed E-state index contributed by atoms with van der Waals surface area (Å²) in [5, 5.41) is 0. The van der Waals surface area contributed by atoms with Gasteiger partial charge in [-0.25, -0.2) is 5.84 Å². The van der Waals surface area contributed by atoms with Gasteiger partial charge in [-0.15, -0.1) is 0 Å². The van der Waals surface area contributed by atoms with E-state index in [1.54, 1.807) is 12.1 Å². The molecule has 1 rings (SSSR count). The van der Waals surface area contributed by atoms with Gasteiger partial charge in [-0.2, -0.15) is 0 Å². The van der Waals surface area contributed by atoms with E-state index in [9.17, 15) is 4.79 Å². The summed E-state index contributed by atoms with van der Waals surface area (Å²) in [6.45, 7) is 0. The number of aromatic nitrogens is 1. The molecule has 0 radical (unpaired) electrons. The van der Waals surface area contributed by atoms with Gasteiger partial charge in [-0.3, -0.25) is 15.2 Å². The second-order valence-electron chi connectivity index (χ2n) is 1.71. The summed E-state index contributed by atoms with van der Waals surface area (Å²) in [5.41, 5.74) is 2.53. The zero-order chi connectivity index (χ0) is 7.40. The molecule has 0 atom stereocenters. The quantitative estimate of drug-likeness (QED) is 0.302. The number of nitrogens with zero attached hydrogens (tertiary/aromatic N) is 1. The van der Waals surface area contributed by atoms with Crippen LogP contribution in [0.2, 0.25) is 0 Å². The Kier molecular flexibility index (Phi) is 4.66. The SMILES string of the molecule is NNC(=O)c1ccncc1.[Mo]. The Hall–Kier alpha value is -0.732. The number of rotatable bonds is 1. The second-order valence-corrected chi connectivity index (χ2v) is 1.71. The van der Waals surface area contributed by atoms with Gasteiger partial charge in [-0.05, 0) is 12.1 Å². The number of hydrogen-bond acceptors (Lipinski definition) is 3. The summed E-state index contributed by atoms with van der Waals surface area (Å²) in [7, 11) is 0. The van der Waals surface area contributed by atoms with Crippen LogP contribution in [0.4, 0.5) is 0 Å². The normalized spacial score (nSPS) is 8.09. The number of nitrogens with two attached hydrogens (primary N) is 1. The second kappa shape index (κ2) is 4.99. The number of hydrogen-bond donors (Lipinski definition) is 2. The molecule has 0 spiro atoms. The zero-order valence-corrected chi connectivity index (χ0v) is 7.66. The van der Waals surface area contributed by atoms with Gasteiger partial charge in [0.15, 0.2) is 0 Å². The first kappa shape index (κ1) is 10.3. The molecule has 1 aromatic heterocycles. The first-order chi connectivity index (χ1) is 4.84. The molecule has 0 bridgehead atoms. The van der Waals surface area contributed by atoms with E-state index in [0.717, 1.165) is 0 Å². The molecule has 0 aromatic carbocycles. The molecule has 1 heterocycles. The molecule has 5 heteroatoms. The Morgan fingerprint density at radius 2 is 2.00 bits per heavy atom. The summed E-state index contributed by atoms with van der Waals surface area (Å²) in [4.78, 5) is 14.5. The predicted octanol–water partition coefficient (Wildman–Crippen LogP) is -0.317. The van der Waals surface area contributed by atoms with Crippen molar-refractivity contribution in [3.8, 4) is 0 Å². The number of pyridine rings is 1. The van der Waals surface area contributed by atoms with E-state index in [1.165, 1.54) is 12.4 Å². The minimum absolute atomic E-state index is 0. The maximum absolute atomic E-state index is 10.7. The average Bonchev–Trinajstić information content (AvgIpc) is 2.05. The van der Waals surface area contributed by atoms with E-state index in [2.05, 4.69) is 4.98 Å². The van der Waals surface area contributed by atoms with Crippen LogP contribution in [-0.2, 0) is 21.1 Å². The van der Waals surface area contributed by atoms with E-state index in [-0.39, 0.29) is 27.0 Å². The van der Waals surface area contributed by atoms with Gasteiger partial charge < -0.3 is 0 Å². The number of amides is 1. The molecule has 0 saturated carbocycles.